The summed E-state index contributed by atoms with van der Waals surface area (Å²) in [6.07, 6.45) is -0.0795. The molecule has 0 bridgehead atoms. The number of hydrogen-bond donors (Lipinski definition) is 0. The van der Waals surface area contributed by atoms with Gasteiger partial charge in [0.05, 0.1) is 13.1 Å². The zero-order valence-corrected chi connectivity index (χ0v) is 16.3. The number of halogens is 1. The van der Waals surface area contributed by atoms with Crippen LogP contribution >= 0.6 is 0 Å². The van der Waals surface area contributed by atoms with Gasteiger partial charge >= 0.3 is 0 Å². The van der Waals surface area contributed by atoms with Crippen molar-refractivity contribution in [3.63, 3.8) is 0 Å². The topological polar surface area (TPSA) is 86.9 Å². The van der Waals surface area contributed by atoms with Gasteiger partial charge in [-0.15, -0.1) is 0 Å². The zero-order chi connectivity index (χ0) is 20.9. The molecule has 1 fully saturated rings. The summed E-state index contributed by atoms with van der Waals surface area (Å²) in [7, 11) is 1.56. The molecule has 0 aliphatic carbocycles. The number of carbonyl (C=O) groups is 1. The van der Waals surface area contributed by atoms with E-state index in [4.69, 9.17) is 18.7 Å². The molecule has 0 atom stereocenters. The van der Waals surface area contributed by atoms with Crippen molar-refractivity contribution in [2.75, 3.05) is 26.8 Å². The predicted octanol–water partition coefficient (Wildman–Crippen LogP) is 2.69. The molecular formula is C21H20FN3O5. The van der Waals surface area contributed by atoms with Crippen molar-refractivity contribution in [1.82, 2.24) is 15.0 Å². The third kappa shape index (κ3) is 4.74. The number of hydrogen-bond acceptors (Lipinski definition) is 7. The fourth-order valence-corrected chi connectivity index (χ4v) is 2.91. The van der Waals surface area contributed by atoms with Crippen molar-refractivity contribution in [2.24, 2.45) is 0 Å². The first-order valence-corrected chi connectivity index (χ1v) is 9.35. The Bertz CT molecular complexity index is 985. The van der Waals surface area contributed by atoms with Crippen molar-refractivity contribution >= 4 is 5.91 Å². The van der Waals surface area contributed by atoms with Gasteiger partial charge in [0.15, 0.2) is 6.61 Å². The monoisotopic (exact) mass is 413 g/mol. The fraction of sp³-hybridized carbons (Fsp3) is 0.286. The molecule has 0 saturated carbocycles. The molecular weight excluding hydrogens is 393 g/mol. The highest BCUT2D eigenvalue weighted by Crippen LogP contribution is 2.23. The SMILES string of the molecule is COCc1nc(-c2ccc(OC3CN(C(=O)COc4ccc(F)cc4)C3)cc2)no1. The Labute approximate surface area is 172 Å². The second-order valence-electron chi connectivity index (χ2n) is 6.75. The van der Waals surface area contributed by atoms with Gasteiger partial charge in [0.2, 0.25) is 5.82 Å². The molecule has 2 aromatic carbocycles. The summed E-state index contributed by atoms with van der Waals surface area (Å²) in [4.78, 5) is 18.0. The van der Waals surface area contributed by atoms with E-state index in [9.17, 15) is 9.18 Å². The number of aromatic nitrogens is 2. The fourth-order valence-electron chi connectivity index (χ4n) is 2.91. The molecule has 1 saturated heterocycles. The van der Waals surface area contributed by atoms with Gasteiger partial charge in [0.25, 0.3) is 11.8 Å². The first-order valence-electron chi connectivity index (χ1n) is 9.35. The molecule has 1 aliphatic heterocycles. The highest BCUT2D eigenvalue weighted by atomic mass is 19.1. The Morgan fingerprint density at radius 2 is 1.83 bits per heavy atom. The van der Waals surface area contributed by atoms with Crippen molar-refractivity contribution in [3.8, 4) is 22.9 Å². The van der Waals surface area contributed by atoms with Crippen molar-refractivity contribution in [2.45, 2.75) is 12.7 Å². The molecule has 1 amide bonds. The minimum absolute atomic E-state index is 0.0795. The lowest BCUT2D eigenvalue weighted by molar-refractivity contribution is -0.142. The van der Waals surface area contributed by atoms with Crippen LogP contribution < -0.4 is 9.47 Å². The number of benzene rings is 2. The summed E-state index contributed by atoms with van der Waals surface area (Å²) >= 11 is 0. The molecule has 0 spiro atoms. The van der Waals surface area contributed by atoms with Gasteiger partial charge < -0.3 is 23.6 Å². The van der Waals surface area contributed by atoms with Crippen molar-refractivity contribution < 1.29 is 27.9 Å². The van der Waals surface area contributed by atoms with Gasteiger partial charge in [-0.25, -0.2) is 4.39 Å². The van der Waals surface area contributed by atoms with E-state index in [1.165, 1.54) is 24.3 Å². The van der Waals surface area contributed by atoms with Crippen LogP contribution in [0, 0.1) is 5.82 Å². The molecule has 1 aliphatic rings. The maximum Gasteiger partial charge on any atom is 0.260 e. The van der Waals surface area contributed by atoms with E-state index < -0.39 is 0 Å². The molecule has 8 nitrogen and oxygen atoms in total. The van der Waals surface area contributed by atoms with Crippen LogP contribution in [0.15, 0.2) is 53.1 Å². The van der Waals surface area contributed by atoms with E-state index in [2.05, 4.69) is 10.1 Å². The molecule has 2 heterocycles. The molecule has 0 N–H and O–H groups in total. The average molecular weight is 413 g/mol. The Hall–Kier alpha value is -3.46. The number of rotatable bonds is 8. The molecule has 30 heavy (non-hydrogen) atoms. The molecule has 156 valence electrons. The predicted molar refractivity (Wildman–Crippen MR) is 103 cm³/mol. The quantitative estimate of drug-likeness (QED) is 0.561. The number of ether oxygens (including phenoxy) is 3. The van der Waals surface area contributed by atoms with Gasteiger partial charge in [-0.1, -0.05) is 5.16 Å². The molecule has 3 aromatic rings. The first kappa shape index (κ1) is 19.8. The first-order chi connectivity index (χ1) is 14.6. The van der Waals surface area contributed by atoms with E-state index in [1.54, 1.807) is 12.0 Å². The number of methoxy groups -OCH3 is 1. The minimum Gasteiger partial charge on any atom is -0.487 e. The number of carbonyl (C=O) groups excluding carboxylic acids is 1. The van der Waals surface area contributed by atoms with Crippen LogP contribution in [-0.4, -0.2) is 53.9 Å². The summed E-state index contributed by atoms with van der Waals surface area (Å²) in [5.74, 6) is 1.55. The number of likely N-dealkylation sites (tertiary alicyclic amines) is 1. The normalized spacial score (nSPS) is 13.7. The molecule has 0 radical (unpaired) electrons. The standard InChI is InChI=1S/C21H20FN3O5/c1-27-12-19-23-21(24-30-19)14-2-6-17(7-3-14)29-18-10-25(11-18)20(26)13-28-16-8-4-15(22)5-9-16/h2-9,18H,10-13H2,1H3. The highest BCUT2D eigenvalue weighted by Gasteiger charge is 2.32. The summed E-state index contributed by atoms with van der Waals surface area (Å²) in [6.45, 7) is 1.14. The smallest absolute Gasteiger partial charge is 0.260 e. The van der Waals surface area contributed by atoms with Crippen LogP contribution in [0.3, 0.4) is 0 Å². The molecule has 1 aromatic heterocycles. The third-order valence-electron chi connectivity index (χ3n) is 4.53. The summed E-state index contributed by atoms with van der Waals surface area (Å²) in [5.41, 5.74) is 0.803. The van der Waals surface area contributed by atoms with Gasteiger partial charge in [0, 0.05) is 12.7 Å². The molecule has 0 unspecified atom stereocenters. The summed E-state index contributed by atoms with van der Waals surface area (Å²) < 4.78 is 34.2. The lowest BCUT2D eigenvalue weighted by Gasteiger charge is -2.38. The Kier molecular flexibility index (Phi) is 5.89. The number of amides is 1. The largest absolute Gasteiger partial charge is 0.487 e. The Morgan fingerprint density at radius 1 is 1.13 bits per heavy atom. The van der Waals surface area contributed by atoms with Crippen LogP contribution in [-0.2, 0) is 16.1 Å². The van der Waals surface area contributed by atoms with Crippen LogP contribution in [0.4, 0.5) is 4.39 Å². The van der Waals surface area contributed by atoms with E-state index in [-0.39, 0.29) is 31.0 Å². The van der Waals surface area contributed by atoms with Gasteiger partial charge in [-0.05, 0) is 48.5 Å². The third-order valence-corrected chi connectivity index (χ3v) is 4.53. The van der Waals surface area contributed by atoms with Crippen LogP contribution in [0.5, 0.6) is 11.5 Å². The second kappa shape index (κ2) is 8.91. The van der Waals surface area contributed by atoms with E-state index in [0.29, 0.717) is 36.3 Å². The Morgan fingerprint density at radius 3 is 2.53 bits per heavy atom. The van der Waals surface area contributed by atoms with E-state index in [0.717, 1.165) is 5.56 Å². The number of nitrogens with zero attached hydrogens (tertiary/aromatic N) is 3. The minimum atomic E-state index is -0.349. The van der Waals surface area contributed by atoms with Gasteiger partial charge in [-0.2, -0.15) is 4.98 Å². The molecule has 4 rings (SSSR count). The summed E-state index contributed by atoms with van der Waals surface area (Å²) in [5, 5.41) is 3.91. The van der Waals surface area contributed by atoms with Crippen LogP contribution in [0.1, 0.15) is 5.89 Å². The summed E-state index contributed by atoms with van der Waals surface area (Å²) in [6, 6.07) is 12.9. The van der Waals surface area contributed by atoms with Crippen LogP contribution in [0.25, 0.3) is 11.4 Å². The lowest BCUT2D eigenvalue weighted by atomic mass is 10.1. The van der Waals surface area contributed by atoms with Crippen molar-refractivity contribution in [1.29, 1.82) is 0 Å². The average Bonchev–Trinajstić information content (AvgIpc) is 3.19. The van der Waals surface area contributed by atoms with E-state index >= 15 is 0 Å². The zero-order valence-electron chi connectivity index (χ0n) is 16.3. The van der Waals surface area contributed by atoms with Crippen molar-refractivity contribution in [3.05, 3.63) is 60.2 Å². The van der Waals surface area contributed by atoms with Crippen LogP contribution in [0.2, 0.25) is 0 Å². The lowest BCUT2D eigenvalue weighted by Crippen LogP contribution is -2.57. The maximum atomic E-state index is 12.9. The Balaban J connectivity index is 1.22. The highest BCUT2D eigenvalue weighted by molar-refractivity contribution is 5.78. The second-order valence-corrected chi connectivity index (χ2v) is 6.75. The van der Waals surface area contributed by atoms with E-state index in [1.807, 2.05) is 24.3 Å². The maximum absolute atomic E-state index is 12.9. The molecule has 9 heteroatoms. The van der Waals surface area contributed by atoms with Gasteiger partial charge in [-0.3, -0.25) is 4.79 Å². The van der Waals surface area contributed by atoms with Gasteiger partial charge in [0.1, 0.15) is 30.0 Å².